The van der Waals surface area contributed by atoms with Gasteiger partial charge in [-0.05, 0) is 23.3 Å². The molecule has 1 aromatic rings. The number of amides is 1. The molecule has 1 aromatic carbocycles. The van der Waals surface area contributed by atoms with Gasteiger partial charge in [-0.1, -0.05) is 6.07 Å². The monoisotopic (exact) mass is 245 g/mol. The molecule has 6 heteroatoms. The lowest BCUT2D eigenvalue weighted by molar-refractivity contribution is -0.137. The highest BCUT2D eigenvalue weighted by molar-refractivity contribution is 5.65. The van der Waals surface area contributed by atoms with E-state index in [0.29, 0.717) is 12.0 Å². The number of fused-ring (bicyclic) bond motifs is 1. The minimum Gasteiger partial charge on any atom is -0.446 e. The molecule has 0 heterocycles. The van der Waals surface area contributed by atoms with Crippen LogP contribution in [0.15, 0.2) is 18.2 Å². The van der Waals surface area contributed by atoms with Crippen molar-refractivity contribution in [2.45, 2.75) is 25.1 Å². The van der Waals surface area contributed by atoms with Gasteiger partial charge in [0.2, 0.25) is 0 Å². The zero-order chi connectivity index (χ0) is 12.6. The first-order valence-corrected chi connectivity index (χ1v) is 5.01. The second-order valence-electron chi connectivity index (χ2n) is 3.95. The molecular weight excluding hydrogens is 235 g/mol. The predicted molar refractivity (Wildman–Crippen MR) is 53.3 cm³/mol. The maximum atomic E-state index is 12.5. The highest BCUT2D eigenvalue weighted by atomic mass is 19.4. The first-order valence-electron chi connectivity index (χ1n) is 5.01. The van der Waals surface area contributed by atoms with Gasteiger partial charge in [0.05, 0.1) is 5.56 Å². The van der Waals surface area contributed by atoms with Crippen LogP contribution in [0.4, 0.5) is 18.0 Å². The summed E-state index contributed by atoms with van der Waals surface area (Å²) < 4.78 is 42.2. The van der Waals surface area contributed by atoms with Gasteiger partial charge >= 0.3 is 12.3 Å². The van der Waals surface area contributed by atoms with Crippen molar-refractivity contribution in [3.05, 3.63) is 34.9 Å². The van der Waals surface area contributed by atoms with E-state index in [0.717, 1.165) is 17.7 Å². The van der Waals surface area contributed by atoms with Crippen molar-refractivity contribution in [1.82, 2.24) is 0 Å². The zero-order valence-corrected chi connectivity index (χ0v) is 8.75. The van der Waals surface area contributed by atoms with E-state index < -0.39 is 23.9 Å². The molecule has 1 aliphatic carbocycles. The lowest BCUT2D eigenvalue weighted by Gasteiger charge is -2.08. The normalized spacial score (nSPS) is 18.9. The molecule has 92 valence electrons. The fourth-order valence-electron chi connectivity index (χ4n) is 2.00. The van der Waals surface area contributed by atoms with Crippen LogP contribution in [0.3, 0.4) is 0 Å². The van der Waals surface area contributed by atoms with E-state index in [-0.39, 0.29) is 6.42 Å². The molecule has 0 fully saturated rings. The summed E-state index contributed by atoms with van der Waals surface area (Å²) in [6.45, 7) is 0. The largest absolute Gasteiger partial charge is 0.446 e. The molecule has 3 nitrogen and oxygen atoms in total. The SMILES string of the molecule is NC(=O)OC1Cc2ccc(C(F)(F)F)cc2C1. The summed E-state index contributed by atoms with van der Waals surface area (Å²) in [5.41, 5.74) is 5.51. The Bertz CT molecular complexity index is 457. The Hall–Kier alpha value is -1.72. The molecular formula is C11H10F3NO2. The van der Waals surface area contributed by atoms with Gasteiger partial charge in [0.25, 0.3) is 0 Å². The second-order valence-corrected chi connectivity index (χ2v) is 3.95. The van der Waals surface area contributed by atoms with Gasteiger partial charge in [-0.2, -0.15) is 13.2 Å². The smallest absolute Gasteiger partial charge is 0.416 e. The van der Waals surface area contributed by atoms with E-state index in [1.165, 1.54) is 6.07 Å². The third-order valence-corrected chi connectivity index (χ3v) is 2.71. The Morgan fingerprint density at radius 1 is 1.29 bits per heavy atom. The predicted octanol–water partition coefficient (Wildman–Crippen LogP) is 2.27. The van der Waals surface area contributed by atoms with Crippen LogP contribution in [0, 0.1) is 0 Å². The van der Waals surface area contributed by atoms with E-state index in [9.17, 15) is 18.0 Å². The number of ether oxygens (including phenoxy) is 1. The molecule has 0 spiro atoms. The molecule has 0 radical (unpaired) electrons. The molecule has 0 bridgehead atoms. The van der Waals surface area contributed by atoms with Crippen LogP contribution in [-0.2, 0) is 23.8 Å². The maximum Gasteiger partial charge on any atom is 0.416 e. The summed E-state index contributed by atoms with van der Waals surface area (Å²) in [6, 6.07) is 3.55. The number of carbonyl (C=O) groups is 1. The van der Waals surface area contributed by atoms with Crippen molar-refractivity contribution in [1.29, 1.82) is 0 Å². The summed E-state index contributed by atoms with van der Waals surface area (Å²) in [5, 5.41) is 0. The minimum absolute atomic E-state index is 0.280. The van der Waals surface area contributed by atoms with E-state index in [2.05, 4.69) is 0 Å². The Kier molecular flexibility index (Phi) is 2.73. The van der Waals surface area contributed by atoms with Crippen LogP contribution < -0.4 is 5.73 Å². The molecule has 0 saturated carbocycles. The summed E-state index contributed by atoms with van der Waals surface area (Å²) >= 11 is 0. The third kappa shape index (κ3) is 2.51. The zero-order valence-electron chi connectivity index (χ0n) is 8.75. The van der Waals surface area contributed by atoms with Crippen molar-refractivity contribution >= 4 is 6.09 Å². The molecule has 0 saturated heterocycles. The van der Waals surface area contributed by atoms with Gasteiger partial charge in [0, 0.05) is 12.8 Å². The molecule has 17 heavy (non-hydrogen) atoms. The highest BCUT2D eigenvalue weighted by Gasteiger charge is 2.33. The van der Waals surface area contributed by atoms with Gasteiger partial charge in [-0.15, -0.1) is 0 Å². The number of benzene rings is 1. The fourth-order valence-corrected chi connectivity index (χ4v) is 2.00. The topological polar surface area (TPSA) is 52.3 Å². The van der Waals surface area contributed by atoms with Crippen molar-refractivity contribution < 1.29 is 22.7 Å². The van der Waals surface area contributed by atoms with Crippen molar-refractivity contribution in [3.63, 3.8) is 0 Å². The van der Waals surface area contributed by atoms with Crippen LogP contribution in [0.1, 0.15) is 16.7 Å². The number of carbonyl (C=O) groups excluding carboxylic acids is 1. The quantitative estimate of drug-likeness (QED) is 0.825. The first-order chi connectivity index (χ1) is 7.86. The number of halogens is 3. The number of hydrogen-bond acceptors (Lipinski definition) is 2. The molecule has 0 aliphatic heterocycles. The third-order valence-electron chi connectivity index (χ3n) is 2.71. The molecule has 1 amide bonds. The Labute approximate surface area is 95.4 Å². The minimum atomic E-state index is -4.35. The Balaban J connectivity index is 2.19. The lowest BCUT2D eigenvalue weighted by Crippen LogP contribution is -2.22. The average Bonchev–Trinajstić information content (AvgIpc) is 2.55. The standard InChI is InChI=1S/C11H10F3NO2/c12-11(13,14)8-2-1-6-4-9(17-10(15)16)5-7(6)3-8/h1-3,9H,4-5H2,(H2,15,16). The van der Waals surface area contributed by atoms with E-state index >= 15 is 0 Å². The number of alkyl halides is 3. The van der Waals surface area contributed by atoms with Crippen LogP contribution in [-0.4, -0.2) is 12.2 Å². The molecule has 2 rings (SSSR count). The Morgan fingerprint density at radius 2 is 1.94 bits per heavy atom. The number of primary amides is 1. The van der Waals surface area contributed by atoms with E-state index in [1.54, 1.807) is 0 Å². The van der Waals surface area contributed by atoms with Gasteiger partial charge in [0.1, 0.15) is 6.10 Å². The lowest BCUT2D eigenvalue weighted by atomic mass is 10.1. The summed E-state index contributed by atoms with van der Waals surface area (Å²) in [5.74, 6) is 0. The van der Waals surface area contributed by atoms with Crippen LogP contribution >= 0.6 is 0 Å². The summed E-state index contributed by atoms with van der Waals surface area (Å²) in [6.07, 6.45) is -5.01. The number of nitrogens with two attached hydrogens (primary N) is 1. The average molecular weight is 245 g/mol. The van der Waals surface area contributed by atoms with Crippen molar-refractivity contribution in [2.75, 3.05) is 0 Å². The van der Waals surface area contributed by atoms with Gasteiger partial charge in [-0.25, -0.2) is 4.79 Å². The van der Waals surface area contributed by atoms with Crippen LogP contribution in [0.5, 0.6) is 0 Å². The summed E-state index contributed by atoms with van der Waals surface area (Å²) in [4.78, 5) is 10.6. The van der Waals surface area contributed by atoms with Gasteiger partial charge < -0.3 is 10.5 Å². The van der Waals surface area contributed by atoms with E-state index in [1.807, 2.05) is 0 Å². The summed E-state index contributed by atoms with van der Waals surface area (Å²) in [7, 11) is 0. The molecule has 1 atom stereocenters. The van der Waals surface area contributed by atoms with Crippen LogP contribution in [0.2, 0.25) is 0 Å². The van der Waals surface area contributed by atoms with Crippen LogP contribution in [0.25, 0.3) is 0 Å². The molecule has 0 aromatic heterocycles. The Morgan fingerprint density at radius 3 is 2.53 bits per heavy atom. The van der Waals surface area contributed by atoms with Crippen molar-refractivity contribution in [3.8, 4) is 0 Å². The van der Waals surface area contributed by atoms with Gasteiger partial charge in [-0.3, -0.25) is 0 Å². The highest BCUT2D eigenvalue weighted by Crippen LogP contribution is 2.33. The molecule has 1 unspecified atom stereocenters. The fraction of sp³-hybridized carbons (Fsp3) is 0.364. The number of hydrogen-bond donors (Lipinski definition) is 1. The van der Waals surface area contributed by atoms with Crippen molar-refractivity contribution in [2.24, 2.45) is 5.73 Å². The molecule has 1 aliphatic rings. The molecule has 2 N–H and O–H groups in total. The van der Waals surface area contributed by atoms with Gasteiger partial charge in [0.15, 0.2) is 0 Å². The maximum absolute atomic E-state index is 12.5. The first kappa shape index (κ1) is 11.8. The second kappa shape index (κ2) is 3.94. The van der Waals surface area contributed by atoms with E-state index in [4.69, 9.17) is 10.5 Å². The number of rotatable bonds is 1.